The number of amides is 1. The zero-order chi connectivity index (χ0) is 26.9. The van der Waals surface area contributed by atoms with E-state index in [0.29, 0.717) is 43.5 Å². The van der Waals surface area contributed by atoms with Crippen molar-refractivity contribution < 1.29 is 18.0 Å². The lowest BCUT2D eigenvalue weighted by atomic mass is 9.83. The van der Waals surface area contributed by atoms with Crippen molar-refractivity contribution in [2.45, 2.75) is 38.1 Å². The van der Waals surface area contributed by atoms with Crippen molar-refractivity contribution >= 4 is 29.3 Å². The van der Waals surface area contributed by atoms with Crippen LogP contribution in [0.3, 0.4) is 0 Å². The van der Waals surface area contributed by atoms with Crippen molar-refractivity contribution in [1.82, 2.24) is 29.5 Å². The van der Waals surface area contributed by atoms with Gasteiger partial charge in [-0.05, 0) is 43.0 Å². The topological polar surface area (TPSA) is 131 Å². The maximum atomic E-state index is 14.3. The second-order valence-corrected chi connectivity index (χ2v) is 9.96. The van der Waals surface area contributed by atoms with Crippen molar-refractivity contribution in [2.24, 2.45) is 5.92 Å². The maximum Gasteiger partial charge on any atom is 0.259 e. The number of furan rings is 1. The van der Waals surface area contributed by atoms with E-state index in [2.05, 4.69) is 25.4 Å². The first-order valence-electron chi connectivity index (χ1n) is 13.2. The molecule has 0 radical (unpaired) electrons. The SMILES string of the molecule is Nc1nc(N[C@H](C(=O)N2CCN(c3ccc(F)cc3F)CC2)C2CCCCC2)nc2nc(-c3ccco3)nn12. The number of rotatable bonds is 6. The van der Waals surface area contributed by atoms with Gasteiger partial charge in [0.1, 0.15) is 17.7 Å². The van der Waals surface area contributed by atoms with Gasteiger partial charge in [-0.3, -0.25) is 4.79 Å². The summed E-state index contributed by atoms with van der Waals surface area (Å²) in [6.07, 6.45) is 6.59. The summed E-state index contributed by atoms with van der Waals surface area (Å²) in [5.41, 5.74) is 6.51. The number of anilines is 3. The minimum atomic E-state index is -0.615. The third kappa shape index (κ3) is 5.08. The highest BCUT2D eigenvalue weighted by Gasteiger charge is 2.35. The van der Waals surface area contributed by atoms with Gasteiger partial charge in [-0.15, -0.1) is 5.10 Å². The summed E-state index contributed by atoms with van der Waals surface area (Å²) in [4.78, 5) is 30.7. The number of benzene rings is 1. The summed E-state index contributed by atoms with van der Waals surface area (Å²) in [6, 6.07) is 6.49. The number of carbonyl (C=O) groups is 1. The Morgan fingerprint density at radius 3 is 2.56 bits per heavy atom. The van der Waals surface area contributed by atoms with E-state index >= 15 is 0 Å². The predicted molar refractivity (Wildman–Crippen MR) is 140 cm³/mol. The number of nitrogens with zero attached hydrogens (tertiary/aromatic N) is 7. The summed E-state index contributed by atoms with van der Waals surface area (Å²) < 4.78 is 34.4. The van der Waals surface area contributed by atoms with Crippen LogP contribution in [-0.2, 0) is 4.79 Å². The van der Waals surface area contributed by atoms with Gasteiger partial charge in [0, 0.05) is 32.2 Å². The maximum absolute atomic E-state index is 14.3. The minimum absolute atomic E-state index is 0.0547. The Bertz CT molecular complexity index is 1460. The third-order valence-electron chi connectivity index (χ3n) is 7.49. The Labute approximate surface area is 223 Å². The molecule has 1 aromatic carbocycles. The van der Waals surface area contributed by atoms with Crippen LogP contribution in [0.15, 0.2) is 41.0 Å². The number of fused-ring (bicyclic) bond motifs is 1. The van der Waals surface area contributed by atoms with Gasteiger partial charge in [0.15, 0.2) is 5.76 Å². The second kappa shape index (κ2) is 10.5. The normalized spacial score (nSPS) is 17.5. The lowest BCUT2D eigenvalue weighted by Crippen LogP contribution is -2.54. The number of hydrogen-bond acceptors (Lipinski definition) is 9. The van der Waals surface area contributed by atoms with Crippen LogP contribution in [0.25, 0.3) is 17.4 Å². The molecular weight excluding hydrogens is 508 g/mol. The van der Waals surface area contributed by atoms with E-state index in [1.54, 1.807) is 17.0 Å². The van der Waals surface area contributed by atoms with Gasteiger partial charge in [0.05, 0.1) is 12.0 Å². The molecule has 204 valence electrons. The Kier molecular flexibility index (Phi) is 6.71. The van der Waals surface area contributed by atoms with Crippen LogP contribution in [0.5, 0.6) is 0 Å². The smallest absolute Gasteiger partial charge is 0.259 e. The molecule has 0 unspecified atom stereocenters. The van der Waals surface area contributed by atoms with Gasteiger partial charge in [-0.2, -0.15) is 19.5 Å². The Hall–Kier alpha value is -4.29. The predicted octanol–water partition coefficient (Wildman–Crippen LogP) is 3.35. The van der Waals surface area contributed by atoms with Crippen LogP contribution in [0.2, 0.25) is 0 Å². The standard InChI is InChI=1S/C26H29F2N9O2/c27-17-8-9-19(18(28)15-17)35-10-12-36(13-11-35)23(38)21(16-5-2-1-3-6-16)30-25-32-24(29)37-26(33-25)31-22(34-37)20-7-4-14-39-20/h4,7-9,14-16,21H,1-3,5-6,10-13H2,(H3,29,30,31,32,33,34)/t21-/m0/s1. The average Bonchev–Trinajstić information content (AvgIpc) is 3.63. The first-order valence-corrected chi connectivity index (χ1v) is 13.2. The van der Waals surface area contributed by atoms with Crippen LogP contribution < -0.4 is 16.0 Å². The molecule has 1 saturated heterocycles. The minimum Gasteiger partial charge on any atom is -0.461 e. The molecule has 4 aromatic rings. The van der Waals surface area contributed by atoms with Crippen LogP contribution in [-0.4, -0.2) is 67.6 Å². The molecule has 6 rings (SSSR count). The molecule has 4 heterocycles. The highest BCUT2D eigenvalue weighted by atomic mass is 19.1. The first kappa shape index (κ1) is 25.0. The third-order valence-corrected chi connectivity index (χ3v) is 7.49. The number of hydrogen-bond donors (Lipinski definition) is 2. The molecule has 1 atom stereocenters. The van der Waals surface area contributed by atoms with E-state index in [1.165, 1.54) is 22.9 Å². The number of piperazine rings is 1. The zero-order valence-corrected chi connectivity index (χ0v) is 21.3. The van der Waals surface area contributed by atoms with Crippen molar-refractivity contribution in [3.63, 3.8) is 0 Å². The van der Waals surface area contributed by atoms with Gasteiger partial charge < -0.3 is 25.3 Å². The molecule has 2 fully saturated rings. The fourth-order valence-electron chi connectivity index (χ4n) is 5.47. The summed E-state index contributed by atoms with van der Waals surface area (Å²) in [5, 5.41) is 7.59. The Morgan fingerprint density at radius 2 is 1.85 bits per heavy atom. The Morgan fingerprint density at radius 1 is 1.05 bits per heavy atom. The first-order chi connectivity index (χ1) is 19.0. The second-order valence-electron chi connectivity index (χ2n) is 9.96. The van der Waals surface area contributed by atoms with E-state index in [0.717, 1.165) is 38.2 Å². The molecule has 11 nitrogen and oxygen atoms in total. The molecule has 0 spiro atoms. The fourth-order valence-corrected chi connectivity index (χ4v) is 5.47. The van der Waals surface area contributed by atoms with E-state index in [9.17, 15) is 13.6 Å². The largest absolute Gasteiger partial charge is 0.461 e. The van der Waals surface area contributed by atoms with Crippen molar-refractivity contribution in [3.05, 3.63) is 48.2 Å². The molecule has 0 bridgehead atoms. The van der Waals surface area contributed by atoms with Crippen LogP contribution in [0.4, 0.5) is 26.4 Å². The number of carbonyl (C=O) groups excluding carboxylic acids is 1. The summed E-state index contributed by atoms with van der Waals surface area (Å²) in [5.74, 6) is 0.157. The molecule has 13 heteroatoms. The summed E-state index contributed by atoms with van der Waals surface area (Å²) in [7, 11) is 0. The molecule has 3 N–H and O–H groups in total. The number of aromatic nitrogens is 5. The molecule has 1 amide bonds. The summed E-state index contributed by atoms with van der Waals surface area (Å²) in [6.45, 7) is 1.71. The molecule has 39 heavy (non-hydrogen) atoms. The number of nitrogens with two attached hydrogens (primary N) is 1. The molecule has 1 aliphatic carbocycles. The van der Waals surface area contributed by atoms with E-state index in [4.69, 9.17) is 10.2 Å². The quantitative estimate of drug-likeness (QED) is 0.380. The van der Waals surface area contributed by atoms with Crippen LogP contribution in [0.1, 0.15) is 32.1 Å². The van der Waals surface area contributed by atoms with Crippen molar-refractivity contribution in [2.75, 3.05) is 42.1 Å². The van der Waals surface area contributed by atoms with Crippen LogP contribution >= 0.6 is 0 Å². The Balaban J connectivity index is 1.21. The average molecular weight is 538 g/mol. The zero-order valence-electron chi connectivity index (χ0n) is 21.3. The number of nitrogen functional groups attached to an aromatic ring is 1. The van der Waals surface area contributed by atoms with Gasteiger partial charge in [0.25, 0.3) is 5.78 Å². The van der Waals surface area contributed by atoms with Gasteiger partial charge in [-0.25, -0.2) is 8.78 Å². The molecule has 3 aromatic heterocycles. The molecule has 1 aliphatic heterocycles. The summed E-state index contributed by atoms with van der Waals surface area (Å²) >= 11 is 0. The highest BCUT2D eigenvalue weighted by molar-refractivity contribution is 5.85. The molecule has 2 aliphatic rings. The number of nitrogens with one attached hydrogen (secondary N) is 1. The monoisotopic (exact) mass is 537 g/mol. The molecular formula is C26H29F2N9O2. The van der Waals surface area contributed by atoms with Gasteiger partial charge in [0.2, 0.25) is 23.6 Å². The van der Waals surface area contributed by atoms with E-state index in [-0.39, 0.29) is 29.5 Å². The van der Waals surface area contributed by atoms with Crippen molar-refractivity contribution in [3.8, 4) is 11.6 Å². The van der Waals surface area contributed by atoms with Gasteiger partial charge >= 0.3 is 0 Å². The fraction of sp³-hybridized carbons (Fsp3) is 0.423. The van der Waals surface area contributed by atoms with Crippen LogP contribution in [0, 0.1) is 17.6 Å². The number of halogens is 2. The lowest BCUT2D eigenvalue weighted by Gasteiger charge is -2.39. The molecule has 1 saturated carbocycles. The van der Waals surface area contributed by atoms with Crippen molar-refractivity contribution in [1.29, 1.82) is 0 Å². The lowest BCUT2D eigenvalue weighted by molar-refractivity contribution is -0.133. The van der Waals surface area contributed by atoms with E-state index < -0.39 is 17.7 Å². The van der Waals surface area contributed by atoms with Gasteiger partial charge in [-0.1, -0.05) is 19.3 Å². The highest BCUT2D eigenvalue weighted by Crippen LogP contribution is 2.30. The van der Waals surface area contributed by atoms with E-state index in [1.807, 2.05) is 4.90 Å².